The van der Waals surface area contributed by atoms with Gasteiger partial charge in [0.15, 0.2) is 0 Å². The van der Waals surface area contributed by atoms with E-state index in [0.29, 0.717) is 31.3 Å². The minimum Gasteiger partial charge on any atom is -0.493 e. The molecule has 1 atom stereocenters. The summed E-state index contributed by atoms with van der Waals surface area (Å²) in [6.07, 6.45) is 10.1. The number of rotatable bonds is 5. The first kappa shape index (κ1) is 20.9. The van der Waals surface area contributed by atoms with Crippen molar-refractivity contribution in [1.29, 1.82) is 0 Å². The molecule has 0 saturated carbocycles. The number of amides is 1. The first-order valence-corrected chi connectivity index (χ1v) is 11.5. The summed E-state index contributed by atoms with van der Waals surface area (Å²) in [5.74, 6) is 1.48. The fourth-order valence-electron chi connectivity index (χ4n) is 5.06. The molecule has 1 aromatic carbocycles. The van der Waals surface area contributed by atoms with Crippen LogP contribution in [0.1, 0.15) is 42.6 Å². The predicted molar refractivity (Wildman–Crippen MR) is 123 cm³/mol. The average Bonchev–Trinajstić information content (AvgIpc) is 2.85. The van der Waals surface area contributed by atoms with Crippen molar-refractivity contribution in [1.82, 2.24) is 14.9 Å². The fourth-order valence-corrected chi connectivity index (χ4v) is 5.06. The Bertz CT molecular complexity index is 1060. The van der Waals surface area contributed by atoms with Gasteiger partial charge in [-0.3, -0.25) is 14.8 Å². The van der Waals surface area contributed by atoms with E-state index in [4.69, 9.17) is 9.47 Å². The van der Waals surface area contributed by atoms with Gasteiger partial charge >= 0.3 is 0 Å². The van der Waals surface area contributed by atoms with Crippen molar-refractivity contribution in [3.05, 3.63) is 66.7 Å². The third-order valence-corrected chi connectivity index (χ3v) is 6.88. The van der Waals surface area contributed by atoms with Crippen LogP contribution in [0.5, 0.6) is 5.75 Å². The molecular weight excluding hydrogens is 402 g/mol. The number of aromatic nitrogens is 2. The van der Waals surface area contributed by atoms with E-state index in [9.17, 15) is 4.79 Å². The number of carbonyl (C=O) groups is 1. The number of nitrogens with zero attached hydrogens (tertiary/aromatic N) is 3. The van der Waals surface area contributed by atoms with Crippen molar-refractivity contribution in [3.8, 4) is 5.75 Å². The van der Waals surface area contributed by atoms with Crippen molar-refractivity contribution in [2.75, 3.05) is 26.3 Å². The van der Waals surface area contributed by atoms with Crippen LogP contribution in [-0.2, 0) is 4.74 Å². The summed E-state index contributed by atoms with van der Waals surface area (Å²) < 4.78 is 12.2. The third kappa shape index (κ3) is 4.46. The number of benzene rings is 1. The molecule has 1 amide bonds. The molecule has 6 nitrogen and oxygen atoms in total. The van der Waals surface area contributed by atoms with Gasteiger partial charge in [0, 0.05) is 43.7 Å². The maximum absolute atomic E-state index is 13.2. The second-order valence-electron chi connectivity index (χ2n) is 8.88. The van der Waals surface area contributed by atoms with E-state index >= 15 is 0 Å². The molecule has 0 bridgehead atoms. The number of hydrogen-bond donors (Lipinski definition) is 0. The summed E-state index contributed by atoms with van der Waals surface area (Å²) in [6, 6.07) is 13.7. The van der Waals surface area contributed by atoms with Crippen LogP contribution in [0.15, 0.2) is 61.1 Å². The predicted octanol–water partition coefficient (Wildman–Crippen LogP) is 4.50. The standard InChI is InChI=1S/C26H29N3O3/c30-25(24-23-4-2-1-3-21(23)5-14-28-24)29-15-10-26(11-16-29)19-20(9-18-32-26)8-17-31-22-6-12-27-13-7-22/h1-7,12-14,20H,8-11,15-19H2. The Kier molecular flexibility index (Phi) is 6.04. The smallest absolute Gasteiger partial charge is 0.273 e. The molecule has 0 radical (unpaired) electrons. The second kappa shape index (κ2) is 9.25. The van der Waals surface area contributed by atoms with E-state index in [0.717, 1.165) is 55.2 Å². The Hall–Kier alpha value is -2.99. The van der Waals surface area contributed by atoms with Gasteiger partial charge in [-0.15, -0.1) is 0 Å². The highest BCUT2D eigenvalue weighted by atomic mass is 16.5. The molecule has 2 aliphatic rings. The summed E-state index contributed by atoms with van der Waals surface area (Å²) in [7, 11) is 0. The lowest BCUT2D eigenvalue weighted by atomic mass is 9.78. The van der Waals surface area contributed by atoms with Crippen LogP contribution in [-0.4, -0.2) is 52.7 Å². The van der Waals surface area contributed by atoms with Gasteiger partial charge in [-0.2, -0.15) is 0 Å². The van der Waals surface area contributed by atoms with Gasteiger partial charge in [0.05, 0.1) is 12.2 Å². The number of carbonyl (C=O) groups excluding carboxylic acids is 1. The second-order valence-corrected chi connectivity index (χ2v) is 8.88. The van der Waals surface area contributed by atoms with Crippen molar-refractivity contribution >= 4 is 16.7 Å². The molecule has 2 aromatic heterocycles. The maximum atomic E-state index is 13.2. The topological polar surface area (TPSA) is 64.6 Å². The van der Waals surface area contributed by atoms with E-state index in [2.05, 4.69) is 9.97 Å². The van der Waals surface area contributed by atoms with Crippen LogP contribution in [0.25, 0.3) is 10.8 Å². The lowest BCUT2D eigenvalue weighted by Gasteiger charge is -2.46. The first-order chi connectivity index (χ1) is 15.7. The molecule has 166 valence electrons. The van der Waals surface area contributed by atoms with Gasteiger partial charge in [0.1, 0.15) is 11.4 Å². The number of pyridine rings is 2. The molecule has 0 aliphatic carbocycles. The van der Waals surface area contributed by atoms with Crippen molar-refractivity contribution in [3.63, 3.8) is 0 Å². The van der Waals surface area contributed by atoms with E-state index in [1.165, 1.54) is 0 Å². The molecule has 3 aromatic rings. The average molecular weight is 432 g/mol. The summed E-state index contributed by atoms with van der Waals surface area (Å²) >= 11 is 0. The van der Waals surface area contributed by atoms with E-state index in [1.807, 2.05) is 47.4 Å². The monoisotopic (exact) mass is 431 g/mol. The molecule has 2 aliphatic heterocycles. The summed E-state index contributed by atoms with van der Waals surface area (Å²) in [5.41, 5.74) is 0.442. The highest BCUT2D eigenvalue weighted by Gasteiger charge is 2.41. The molecule has 4 heterocycles. The first-order valence-electron chi connectivity index (χ1n) is 11.5. The van der Waals surface area contributed by atoms with Gasteiger partial charge in [-0.25, -0.2) is 0 Å². The van der Waals surface area contributed by atoms with Gasteiger partial charge < -0.3 is 14.4 Å². The lowest BCUT2D eigenvalue weighted by molar-refractivity contribution is -0.125. The van der Waals surface area contributed by atoms with Crippen molar-refractivity contribution < 1.29 is 14.3 Å². The molecule has 1 unspecified atom stereocenters. The normalized spacial score (nSPS) is 20.4. The van der Waals surface area contributed by atoms with E-state index in [1.54, 1.807) is 18.6 Å². The van der Waals surface area contributed by atoms with Crippen LogP contribution in [0.3, 0.4) is 0 Å². The lowest BCUT2D eigenvalue weighted by Crippen LogP contribution is -2.51. The highest BCUT2D eigenvalue weighted by Crippen LogP contribution is 2.39. The van der Waals surface area contributed by atoms with Gasteiger partial charge in [-0.1, -0.05) is 24.3 Å². The number of piperidine rings is 1. The SMILES string of the molecule is O=C(c1nccc2ccccc12)N1CCC2(CC1)CC(CCOc1ccncc1)CCO2. The maximum Gasteiger partial charge on any atom is 0.273 e. The van der Waals surface area contributed by atoms with Crippen LogP contribution in [0.2, 0.25) is 0 Å². The number of ether oxygens (including phenoxy) is 2. The van der Waals surface area contributed by atoms with Crippen molar-refractivity contribution in [2.45, 2.75) is 37.7 Å². The van der Waals surface area contributed by atoms with Crippen LogP contribution in [0.4, 0.5) is 0 Å². The molecule has 32 heavy (non-hydrogen) atoms. The number of likely N-dealkylation sites (tertiary alicyclic amines) is 1. The fraction of sp³-hybridized carbons (Fsp3) is 0.423. The minimum absolute atomic E-state index is 0.0229. The molecular formula is C26H29N3O3. The summed E-state index contributed by atoms with van der Waals surface area (Å²) in [4.78, 5) is 23.6. The van der Waals surface area contributed by atoms with Crippen LogP contribution in [0, 0.1) is 5.92 Å². The Morgan fingerprint density at radius 2 is 1.91 bits per heavy atom. The molecule has 6 heteroatoms. The zero-order valence-electron chi connectivity index (χ0n) is 18.3. The Morgan fingerprint density at radius 1 is 1.09 bits per heavy atom. The summed E-state index contributed by atoms with van der Waals surface area (Å²) in [6.45, 7) is 2.93. The third-order valence-electron chi connectivity index (χ3n) is 6.88. The van der Waals surface area contributed by atoms with Crippen molar-refractivity contribution in [2.24, 2.45) is 5.92 Å². The van der Waals surface area contributed by atoms with Gasteiger partial charge in [-0.05, 0) is 61.6 Å². The van der Waals surface area contributed by atoms with E-state index < -0.39 is 0 Å². The zero-order chi connectivity index (χ0) is 21.8. The summed E-state index contributed by atoms with van der Waals surface area (Å²) in [5, 5.41) is 1.97. The van der Waals surface area contributed by atoms with Crippen LogP contribution < -0.4 is 4.74 Å². The quantitative estimate of drug-likeness (QED) is 0.595. The Balaban J connectivity index is 1.17. The number of fused-ring (bicyclic) bond motifs is 1. The molecule has 5 rings (SSSR count). The molecule has 0 N–H and O–H groups in total. The highest BCUT2D eigenvalue weighted by molar-refractivity contribution is 6.05. The zero-order valence-corrected chi connectivity index (χ0v) is 18.3. The number of hydrogen-bond acceptors (Lipinski definition) is 5. The Morgan fingerprint density at radius 3 is 2.75 bits per heavy atom. The molecule has 2 saturated heterocycles. The molecule has 1 spiro atoms. The van der Waals surface area contributed by atoms with Gasteiger partial charge in [0.25, 0.3) is 5.91 Å². The van der Waals surface area contributed by atoms with Gasteiger partial charge in [0.2, 0.25) is 0 Å². The Labute approximate surface area is 188 Å². The van der Waals surface area contributed by atoms with Crippen LogP contribution >= 0.6 is 0 Å². The van der Waals surface area contributed by atoms with E-state index in [-0.39, 0.29) is 11.5 Å². The molecule has 2 fully saturated rings. The largest absolute Gasteiger partial charge is 0.493 e. The minimum atomic E-state index is -0.109.